The van der Waals surface area contributed by atoms with Crippen molar-refractivity contribution in [3.8, 4) is 0 Å². The molecule has 1 aromatic carbocycles. The first kappa shape index (κ1) is 16.8. The summed E-state index contributed by atoms with van der Waals surface area (Å²) in [5, 5.41) is 9.95. The van der Waals surface area contributed by atoms with Gasteiger partial charge in [-0.1, -0.05) is 0 Å². The van der Waals surface area contributed by atoms with Crippen LogP contribution in [0.4, 0.5) is 13.2 Å². The lowest BCUT2D eigenvalue weighted by atomic mass is 9.98. The predicted molar refractivity (Wildman–Crippen MR) is 72.2 cm³/mol. The summed E-state index contributed by atoms with van der Waals surface area (Å²) >= 11 is 0. The van der Waals surface area contributed by atoms with Crippen molar-refractivity contribution in [2.24, 2.45) is 0 Å². The number of carbonyl (C=O) groups is 1. The zero-order valence-corrected chi connectivity index (χ0v) is 12.6. The third-order valence-corrected chi connectivity index (χ3v) is 3.36. The van der Waals surface area contributed by atoms with Gasteiger partial charge >= 0.3 is 0 Å². The molecular weight excluding hydrogens is 299 g/mol. The molecule has 0 saturated carbocycles. The van der Waals surface area contributed by atoms with Gasteiger partial charge in [0.15, 0.2) is 17.5 Å². The van der Waals surface area contributed by atoms with Crippen LogP contribution < -0.4 is 0 Å². The Labute approximate surface area is 126 Å². The Morgan fingerprint density at radius 2 is 1.82 bits per heavy atom. The Bertz CT molecular complexity index is 563. The third kappa shape index (κ3) is 3.59. The van der Waals surface area contributed by atoms with Gasteiger partial charge in [0, 0.05) is 18.9 Å². The van der Waals surface area contributed by atoms with Gasteiger partial charge < -0.3 is 9.84 Å². The van der Waals surface area contributed by atoms with Crippen molar-refractivity contribution in [2.75, 3.05) is 6.54 Å². The summed E-state index contributed by atoms with van der Waals surface area (Å²) in [4.78, 5) is 13.0. The van der Waals surface area contributed by atoms with E-state index >= 15 is 0 Å². The number of amides is 1. The summed E-state index contributed by atoms with van der Waals surface area (Å²) in [6.45, 7) is 5.21. The first-order valence-corrected chi connectivity index (χ1v) is 6.88. The smallest absolute Gasteiger partial charge is 0.240 e. The summed E-state index contributed by atoms with van der Waals surface area (Å²) in [5.41, 5.74) is -0.485. The van der Waals surface area contributed by atoms with E-state index in [9.17, 15) is 23.1 Å². The van der Waals surface area contributed by atoms with Crippen LogP contribution in [0.5, 0.6) is 0 Å². The largest absolute Gasteiger partial charge is 0.351 e. The zero-order valence-electron chi connectivity index (χ0n) is 12.6. The molecule has 0 aliphatic carbocycles. The molecule has 1 N–H and O–H groups in total. The minimum absolute atomic E-state index is 0.0327. The topological polar surface area (TPSA) is 49.8 Å². The lowest BCUT2D eigenvalue weighted by Gasteiger charge is -2.30. The van der Waals surface area contributed by atoms with Gasteiger partial charge in [0.2, 0.25) is 12.3 Å². The summed E-state index contributed by atoms with van der Waals surface area (Å²) < 4.78 is 44.8. The van der Waals surface area contributed by atoms with Crippen molar-refractivity contribution in [1.29, 1.82) is 0 Å². The van der Waals surface area contributed by atoms with E-state index in [4.69, 9.17) is 4.74 Å². The second kappa shape index (κ2) is 5.89. The van der Waals surface area contributed by atoms with Gasteiger partial charge in [-0.2, -0.15) is 0 Å². The first-order chi connectivity index (χ1) is 10.1. The number of rotatable bonds is 3. The van der Waals surface area contributed by atoms with Gasteiger partial charge in [0.1, 0.15) is 0 Å². The van der Waals surface area contributed by atoms with E-state index in [0.29, 0.717) is 0 Å². The molecule has 1 amide bonds. The van der Waals surface area contributed by atoms with Crippen LogP contribution in [0.15, 0.2) is 12.1 Å². The number of halogens is 3. The number of hydrogen-bond donors (Lipinski definition) is 1. The number of nitrogens with zero attached hydrogens (tertiary/aromatic N) is 1. The lowest BCUT2D eigenvalue weighted by molar-refractivity contribution is -0.232. The fourth-order valence-electron chi connectivity index (χ4n) is 2.36. The Hall–Kier alpha value is -1.60. The predicted octanol–water partition coefficient (Wildman–Crippen LogP) is 2.51. The summed E-state index contributed by atoms with van der Waals surface area (Å²) in [6.07, 6.45) is -1.47. The summed E-state index contributed by atoms with van der Waals surface area (Å²) in [6, 6.07) is 1.74. The molecule has 22 heavy (non-hydrogen) atoms. The number of benzene rings is 1. The molecule has 2 atom stereocenters. The van der Waals surface area contributed by atoms with E-state index in [0.717, 1.165) is 17.0 Å². The number of likely N-dealkylation sites (tertiary alicyclic amines) is 1. The van der Waals surface area contributed by atoms with Crippen molar-refractivity contribution in [3.05, 3.63) is 35.1 Å². The van der Waals surface area contributed by atoms with Crippen LogP contribution in [0.25, 0.3) is 0 Å². The number of aliphatic hydroxyl groups is 1. The Kier molecular flexibility index (Phi) is 4.49. The van der Waals surface area contributed by atoms with Gasteiger partial charge in [-0.05, 0) is 38.5 Å². The number of aliphatic hydroxyl groups excluding tert-OH is 1. The zero-order chi connectivity index (χ0) is 16.7. The highest BCUT2D eigenvalue weighted by molar-refractivity contribution is 5.79. The molecule has 4 nitrogen and oxygen atoms in total. The SMILES string of the molecule is CC(C)(C)OC(O)N1CC(c2cc(F)c(F)c(F)c2)CC1=O. The fraction of sp³-hybridized carbons (Fsp3) is 0.533. The van der Waals surface area contributed by atoms with Crippen LogP contribution in [-0.2, 0) is 9.53 Å². The molecule has 0 bridgehead atoms. The average molecular weight is 317 g/mol. The molecule has 1 aromatic rings. The highest BCUT2D eigenvalue weighted by atomic mass is 19.2. The Morgan fingerprint density at radius 3 is 2.32 bits per heavy atom. The maximum atomic E-state index is 13.3. The first-order valence-electron chi connectivity index (χ1n) is 6.88. The summed E-state index contributed by atoms with van der Waals surface area (Å²) in [7, 11) is 0. The standard InChI is InChI=1S/C15H18F3NO3/c1-15(2,3)22-14(21)19-7-9(6-12(19)20)8-4-10(16)13(18)11(17)5-8/h4-5,9,14,21H,6-7H2,1-3H3. The van der Waals surface area contributed by atoms with E-state index in [1.54, 1.807) is 20.8 Å². The minimum Gasteiger partial charge on any atom is -0.351 e. The summed E-state index contributed by atoms with van der Waals surface area (Å²) in [5.74, 6) is -5.07. The highest BCUT2D eigenvalue weighted by Gasteiger charge is 2.37. The van der Waals surface area contributed by atoms with Gasteiger partial charge in [0.05, 0.1) is 5.60 Å². The molecular formula is C15H18F3NO3. The highest BCUT2D eigenvalue weighted by Crippen LogP contribution is 2.31. The van der Waals surface area contributed by atoms with Crippen molar-refractivity contribution in [2.45, 2.75) is 45.1 Å². The molecule has 2 rings (SSSR count). The van der Waals surface area contributed by atoms with Crippen LogP contribution >= 0.6 is 0 Å². The molecule has 0 spiro atoms. The Morgan fingerprint density at radius 1 is 1.27 bits per heavy atom. The van der Waals surface area contributed by atoms with E-state index in [-0.39, 0.29) is 18.5 Å². The van der Waals surface area contributed by atoms with Crippen LogP contribution in [-0.4, -0.2) is 34.5 Å². The van der Waals surface area contributed by atoms with E-state index < -0.39 is 41.3 Å². The molecule has 1 heterocycles. The maximum Gasteiger partial charge on any atom is 0.240 e. The average Bonchev–Trinajstić information content (AvgIpc) is 2.75. The number of carbonyl (C=O) groups excluding carboxylic acids is 1. The molecule has 0 radical (unpaired) electrons. The third-order valence-electron chi connectivity index (χ3n) is 3.36. The van der Waals surface area contributed by atoms with Gasteiger partial charge in [0.25, 0.3) is 0 Å². The normalized spacial score (nSPS) is 20.6. The molecule has 1 saturated heterocycles. The molecule has 122 valence electrons. The van der Waals surface area contributed by atoms with Crippen molar-refractivity contribution < 1.29 is 27.8 Å². The quantitative estimate of drug-likeness (QED) is 0.688. The van der Waals surface area contributed by atoms with Crippen molar-refractivity contribution in [3.63, 3.8) is 0 Å². The van der Waals surface area contributed by atoms with Crippen molar-refractivity contribution >= 4 is 5.91 Å². The van der Waals surface area contributed by atoms with Gasteiger partial charge in [-0.15, -0.1) is 0 Å². The fourth-order valence-corrected chi connectivity index (χ4v) is 2.36. The lowest BCUT2D eigenvalue weighted by Crippen LogP contribution is -2.42. The molecule has 1 aliphatic rings. The second-order valence-corrected chi connectivity index (χ2v) is 6.30. The van der Waals surface area contributed by atoms with Gasteiger partial charge in [-0.25, -0.2) is 13.2 Å². The Balaban J connectivity index is 2.15. The van der Waals surface area contributed by atoms with Gasteiger partial charge in [-0.3, -0.25) is 9.69 Å². The molecule has 1 aliphatic heterocycles. The monoisotopic (exact) mass is 317 g/mol. The van der Waals surface area contributed by atoms with E-state index in [1.165, 1.54) is 0 Å². The van der Waals surface area contributed by atoms with Crippen LogP contribution in [0.1, 0.15) is 38.7 Å². The van der Waals surface area contributed by atoms with E-state index in [2.05, 4.69) is 0 Å². The molecule has 2 unspecified atom stereocenters. The second-order valence-electron chi connectivity index (χ2n) is 6.30. The van der Waals surface area contributed by atoms with Crippen LogP contribution in [0, 0.1) is 17.5 Å². The molecule has 7 heteroatoms. The number of ether oxygens (including phenoxy) is 1. The van der Waals surface area contributed by atoms with Crippen LogP contribution in [0.2, 0.25) is 0 Å². The maximum absolute atomic E-state index is 13.3. The van der Waals surface area contributed by atoms with Crippen molar-refractivity contribution in [1.82, 2.24) is 4.90 Å². The molecule has 0 aromatic heterocycles. The van der Waals surface area contributed by atoms with E-state index in [1.807, 2.05) is 0 Å². The van der Waals surface area contributed by atoms with Crippen LogP contribution in [0.3, 0.4) is 0 Å². The molecule has 1 fully saturated rings. The minimum atomic E-state index is -1.54. The number of hydrogen-bond acceptors (Lipinski definition) is 3.